The summed E-state index contributed by atoms with van der Waals surface area (Å²) in [7, 11) is 0. The van der Waals surface area contributed by atoms with Crippen LogP contribution >= 0.6 is 11.3 Å². The second-order valence-corrected chi connectivity index (χ2v) is 9.21. The van der Waals surface area contributed by atoms with Gasteiger partial charge in [-0.2, -0.15) is 0 Å². The summed E-state index contributed by atoms with van der Waals surface area (Å²) >= 11 is 1.85. The van der Waals surface area contributed by atoms with E-state index >= 15 is 0 Å². The first-order valence-corrected chi connectivity index (χ1v) is 10.9. The molecule has 1 aromatic heterocycles. The fourth-order valence-electron chi connectivity index (χ4n) is 4.73. The molecule has 1 N–H and O–H groups in total. The number of fused-ring (bicyclic) bond motifs is 1. The lowest BCUT2D eigenvalue weighted by Crippen LogP contribution is -3.14. The largest absolute Gasteiger partial charge is 0.332 e. The molecule has 4 nitrogen and oxygen atoms in total. The van der Waals surface area contributed by atoms with Gasteiger partial charge in [0.2, 0.25) is 0 Å². The predicted molar refractivity (Wildman–Crippen MR) is 107 cm³/mol. The van der Waals surface area contributed by atoms with Gasteiger partial charge in [-0.1, -0.05) is 12.1 Å². The van der Waals surface area contributed by atoms with Crippen LogP contribution in [-0.4, -0.2) is 47.5 Å². The molecule has 2 aliphatic heterocycles. The SMILES string of the molecule is C[C@@H]1CCC[C@H](C)N1C(=O)C[NH+]1CCC(c2nc3ccccc3s2)CC1. The Hall–Kier alpha value is -1.46. The smallest absolute Gasteiger partial charge is 0.278 e. The summed E-state index contributed by atoms with van der Waals surface area (Å²) in [6.07, 6.45) is 5.86. The zero-order valence-corrected chi connectivity index (χ0v) is 16.7. The molecule has 3 heterocycles. The average Bonchev–Trinajstić information content (AvgIpc) is 3.06. The molecule has 0 radical (unpaired) electrons. The first-order valence-electron chi connectivity index (χ1n) is 10.1. The number of nitrogens with zero attached hydrogens (tertiary/aromatic N) is 2. The Labute approximate surface area is 160 Å². The highest BCUT2D eigenvalue weighted by Gasteiger charge is 2.33. The van der Waals surface area contributed by atoms with E-state index in [0.717, 1.165) is 44.3 Å². The van der Waals surface area contributed by atoms with E-state index in [0.29, 0.717) is 30.5 Å². The molecule has 2 atom stereocenters. The van der Waals surface area contributed by atoms with Gasteiger partial charge in [-0.05, 0) is 45.2 Å². The maximum absolute atomic E-state index is 12.9. The quantitative estimate of drug-likeness (QED) is 0.900. The van der Waals surface area contributed by atoms with Gasteiger partial charge in [0.1, 0.15) is 0 Å². The van der Waals surface area contributed by atoms with Crippen molar-refractivity contribution in [2.45, 2.75) is 64.0 Å². The maximum Gasteiger partial charge on any atom is 0.278 e. The Morgan fingerprint density at radius 3 is 2.54 bits per heavy atom. The number of carbonyl (C=O) groups excluding carboxylic acids is 1. The highest BCUT2D eigenvalue weighted by Crippen LogP contribution is 2.31. The van der Waals surface area contributed by atoms with Crippen molar-refractivity contribution in [3.05, 3.63) is 29.3 Å². The summed E-state index contributed by atoms with van der Waals surface area (Å²) < 4.78 is 1.29. The van der Waals surface area contributed by atoms with Gasteiger partial charge in [0, 0.05) is 30.8 Å². The Balaban J connectivity index is 1.34. The number of hydrogen-bond donors (Lipinski definition) is 1. The van der Waals surface area contributed by atoms with Crippen molar-refractivity contribution < 1.29 is 9.69 Å². The maximum atomic E-state index is 12.9. The number of thiazole rings is 1. The van der Waals surface area contributed by atoms with Gasteiger partial charge in [-0.3, -0.25) is 4.79 Å². The molecule has 2 fully saturated rings. The number of rotatable bonds is 3. The van der Waals surface area contributed by atoms with E-state index in [9.17, 15) is 4.79 Å². The van der Waals surface area contributed by atoms with Crippen LogP contribution in [0.2, 0.25) is 0 Å². The molecule has 0 saturated carbocycles. The number of amides is 1. The van der Waals surface area contributed by atoms with Crippen LogP contribution < -0.4 is 4.90 Å². The van der Waals surface area contributed by atoms with Gasteiger partial charge in [0.25, 0.3) is 5.91 Å². The summed E-state index contributed by atoms with van der Waals surface area (Å²) in [5.41, 5.74) is 1.13. The van der Waals surface area contributed by atoms with Crippen molar-refractivity contribution in [2.24, 2.45) is 0 Å². The van der Waals surface area contributed by atoms with E-state index < -0.39 is 0 Å². The molecule has 5 heteroatoms. The van der Waals surface area contributed by atoms with E-state index in [2.05, 4.69) is 43.0 Å². The Kier molecular flexibility index (Phi) is 5.28. The highest BCUT2D eigenvalue weighted by atomic mass is 32.1. The Bertz CT molecular complexity index is 722. The highest BCUT2D eigenvalue weighted by molar-refractivity contribution is 7.18. The van der Waals surface area contributed by atoms with Crippen molar-refractivity contribution in [3.8, 4) is 0 Å². The molecule has 1 aromatic carbocycles. The molecule has 2 aromatic rings. The molecule has 26 heavy (non-hydrogen) atoms. The van der Waals surface area contributed by atoms with E-state index in [-0.39, 0.29) is 0 Å². The number of hydrogen-bond acceptors (Lipinski definition) is 3. The fourth-order valence-corrected chi connectivity index (χ4v) is 5.87. The van der Waals surface area contributed by atoms with E-state index in [1.807, 2.05) is 11.3 Å². The minimum atomic E-state index is 0.359. The molecule has 0 aliphatic carbocycles. The van der Waals surface area contributed by atoms with Crippen LogP contribution in [0.1, 0.15) is 56.9 Å². The second-order valence-electron chi connectivity index (χ2n) is 8.15. The summed E-state index contributed by atoms with van der Waals surface area (Å²) in [5.74, 6) is 0.928. The first kappa shape index (κ1) is 17.9. The van der Waals surface area contributed by atoms with Gasteiger partial charge in [-0.15, -0.1) is 11.3 Å². The van der Waals surface area contributed by atoms with Crippen molar-refractivity contribution in [3.63, 3.8) is 0 Å². The van der Waals surface area contributed by atoms with Crippen molar-refractivity contribution in [1.82, 2.24) is 9.88 Å². The van der Waals surface area contributed by atoms with E-state index in [1.54, 1.807) is 0 Å². The van der Waals surface area contributed by atoms with Crippen LogP contribution in [0.25, 0.3) is 10.2 Å². The normalized spacial score (nSPS) is 29.8. The van der Waals surface area contributed by atoms with Crippen molar-refractivity contribution in [2.75, 3.05) is 19.6 Å². The Morgan fingerprint density at radius 1 is 1.15 bits per heavy atom. The van der Waals surface area contributed by atoms with Crippen molar-refractivity contribution >= 4 is 27.5 Å². The molecule has 1 amide bonds. The minimum absolute atomic E-state index is 0.359. The number of quaternary nitrogens is 1. The minimum Gasteiger partial charge on any atom is -0.332 e. The summed E-state index contributed by atoms with van der Waals surface area (Å²) in [5, 5.41) is 1.29. The molecule has 140 valence electrons. The molecule has 0 bridgehead atoms. The molecule has 0 spiro atoms. The molecule has 0 unspecified atom stereocenters. The van der Waals surface area contributed by atoms with Crippen LogP contribution in [0.3, 0.4) is 0 Å². The lowest BCUT2D eigenvalue weighted by molar-refractivity contribution is -0.897. The average molecular weight is 373 g/mol. The third-order valence-electron chi connectivity index (χ3n) is 6.24. The van der Waals surface area contributed by atoms with Gasteiger partial charge >= 0.3 is 0 Å². The fraction of sp³-hybridized carbons (Fsp3) is 0.619. The van der Waals surface area contributed by atoms with Gasteiger partial charge in [-0.25, -0.2) is 4.98 Å². The van der Waals surface area contributed by atoms with Gasteiger partial charge < -0.3 is 9.80 Å². The monoisotopic (exact) mass is 372 g/mol. The summed E-state index contributed by atoms with van der Waals surface area (Å²) in [4.78, 5) is 21.3. The Morgan fingerprint density at radius 2 is 1.85 bits per heavy atom. The number of para-hydroxylation sites is 1. The standard InChI is InChI=1S/C21H29N3OS/c1-15-6-5-7-16(2)24(15)20(25)14-23-12-10-17(11-13-23)21-22-18-8-3-4-9-19(18)26-21/h3-4,8-9,15-17H,5-7,10-14H2,1-2H3/p+1/t15-,16+. The topological polar surface area (TPSA) is 37.6 Å². The van der Waals surface area contributed by atoms with Crippen LogP contribution in [0.15, 0.2) is 24.3 Å². The first-order chi connectivity index (χ1) is 12.6. The number of benzene rings is 1. The number of carbonyl (C=O) groups is 1. The van der Waals surface area contributed by atoms with Crippen molar-refractivity contribution in [1.29, 1.82) is 0 Å². The van der Waals surface area contributed by atoms with Gasteiger partial charge in [0.15, 0.2) is 6.54 Å². The van der Waals surface area contributed by atoms with E-state index in [4.69, 9.17) is 4.98 Å². The summed E-state index contributed by atoms with van der Waals surface area (Å²) in [6, 6.07) is 9.24. The zero-order chi connectivity index (χ0) is 18.1. The molecule has 2 saturated heterocycles. The van der Waals surface area contributed by atoms with E-state index in [1.165, 1.54) is 21.0 Å². The third-order valence-corrected chi connectivity index (χ3v) is 7.43. The van der Waals surface area contributed by atoms with Crippen LogP contribution in [0.4, 0.5) is 0 Å². The molecule has 4 rings (SSSR count). The number of nitrogens with one attached hydrogen (secondary N) is 1. The zero-order valence-electron chi connectivity index (χ0n) is 15.9. The third kappa shape index (κ3) is 3.65. The molecule has 2 aliphatic rings. The predicted octanol–water partition coefficient (Wildman–Crippen LogP) is 2.85. The van der Waals surface area contributed by atoms with Crippen LogP contribution in [-0.2, 0) is 4.79 Å². The molecular formula is C21H30N3OS+. The lowest BCUT2D eigenvalue weighted by Gasteiger charge is -2.40. The van der Waals surface area contributed by atoms with Crippen LogP contribution in [0, 0.1) is 0 Å². The number of likely N-dealkylation sites (tertiary alicyclic amines) is 2. The lowest BCUT2D eigenvalue weighted by atomic mass is 9.96. The van der Waals surface area contributed by atoms with Crippen LogP contribution in [0.5, 0.6) is 0 Å². The second kappa shape index (κ2) is 7.65. The molecular weight excluding hydrogens is 342 g/mol. The number of aromatic nitrogens is 1. The number of piperidine rings is 2. The van der Waals surface area contributed by atoms with Gasteiger partial charge in [0.05, 0.1) is 28.3 Å². The summed E-state index contributed by atoms with van der Waals surface area (Å²) in [6.45, 7) is 7.26.